The van der Waals surface area contributed by atoms with Crippen LogP contribution in [0.4, 0.5) is 17.1 Å². The number of hydrogen-bond donors (Lipinski definition) is 3. The van der Waals surface area contributed by atoms with Gasteiger partial charge >= 0.3 is 0 Å². The second-order valence-electron chi connectivity index (χ2n) is 8.21. The van der Waals surface area contributed by atoms with Crippen molar-refractivity contribution in [3.05, 3.63) is 112 Å². The predicted octanol–water partition coefficient (Wildman–Crippen LogP) is 6.16. The SMILES string of the molecule is Cc1ccc(NS(=O)(=O)c2cc(C(=O)Nc3ccc(S(=O)(=O)Nc4cccc(Cl)c4)cc3)ccc2Cl)cc1. The van der Waals surface area contributed by atoms with Crippen LogP contribution in [-0.2, 0) is 20.0 Å². The van der Waals surface area contributed by atoms with Gasteiger partial charge in [-0.1, -0.05) is 47.0 Å². The molecule has 0 saturated heterocycles. The van der Waals surface area contributed by atoms with E-state index in [1.165, 1.54) is 48.5 Å². The van der Waals surface area contributed by atoms with Gasteiger partial charge in [-0.25, -0.2) is 16.8 Å². The first kappa shape index (κ1) is 27.5. The van der Waals surface area contributed by atoms with Crippen molar-refractivity contribution in [2.45, 2.75) is 16.7 Å². The fraction of sp³-hybridized carbons (Fsp3) is 0.0385. The first-order chi connectivity index (χ1) is 17.9. The molecule has 0 aromatic heterocycles. The number of sulfonamides is 2. The molecule has 0 aliphatic carbocycles. The van der Waals surface area contributed by atoms with E-state index < -0.39 is 26.0 Å². The number of aryl methyl sites for hydroxylation is 1. The number of carbonyl (C=O) groups excluding carboxylic acids is 1. The minimum absolute atomic E-state index is 0.0301. The fourth-order valence-corrected chi connectivity index (χ4v) is 6.19. The highest BCUT2D eigenvalue weighted by Gasteiger charge is 2.21. The average molecular weight is 591 g/mol. The Labute approximate surface area is 230 Å². The molecule has 0 aliphatic heterocycles. The topological polar surface area (TPSA) is 121 Å². The smallest absolute Gasteiger partial charge is 0.263 e. The van der Waals surface area contributed by atoms with Crippen LogP contribution >= 0.6 is 23.2 Å². The maximum absolute atomic E-state index is 12.9. The van der Waals surface area contributed by atoms with Crippen LogP contribution in [0.25, 0.3) is 0 Å². The third-order valence-electron chi connectivity index (χ3n) is 5.29. The van der Waals surface area contributed by atoms with E-state index in [2.05, 4.69) is 14.8 Å². The highest BCUT2D eigenvalue weighted by Crippen LogP contribution is 2.26. The Morgan fingerprint density at radius 3 is 1.97 bits per heavy atom. The van der Waals surface area contributed by atoms with Gasteiger partial charge in [-0.05, 0) is 79.7 Å². The number of hydrogen-bond acceptors (Lipinski definition) is 5. The lowest BCUT2D eigenvalue weighted by Crippen LogP contribution is -2.17. The summed E-state index contributed by atoms with van der Waals surface area (Å²) in [6.07, 6.45) is 0. The van der Waals surface area contributed by atoms with Crippen LogP contribution in [0.3, 0.4) is 0 Å². The molecule has 0 aliphatic rings. The van der Waals surface area contributed by atoms with Crippen molar-refractivity contribution in [3.63, 3.8) is 0 Å². The lowest BCUT2D eigenvalue weighted by atomic mass is 10.2. The number of benzene rings is 4. The molecule has 4 rings (SSSR count). The first-order valence-corrected chi connectivity index (χ1v) is 14.7. The van der Waals surface area contributed by atoms with Crippen LogP contribution in [-0.4, -0.2) is 22.7 Å². The number of nitrogens with one attached hydrogen (secondary N) is 3. The van der Waals surface area contributed by atoms with E-state index in [-0.39, 0.29) is 20.4 Å². The van der Waals surface area contributed by atoms with Gasteiger partial charge in [-0.3, -0.25) is 14.2 Å². The molecule has 4 aromatic rings. The van der Waals surface area contributed by atoms with E-state index in [0.29, 0.717) is 22.1 Å². The summed E-state index contributed by atoms with van der Waals surface area (Å²) in [6, 6.07) is 22.4. The molecule has 0 atom stereocenters. The van der Waals surface area contributed by atoms with Crippen molar-refractivity contribution in [2.24, 2.45) is 0 Å². The predicted molar refractivity (Wildman–Crippen MR) is 150 cm³/mol. The van der Waals surface area contributed by atoms with Crippen LogP contribution in [0.5, 0.6) is 0 Å². The van der Waals surface area contributed by atoms with Gasteiger partial charge in [0.1, 0.15) is 4.90 Å². The minimum atomic E-state index is -4.08. The summed E-state index contributed by atoms with van der Waals surface area (Å²) < 4.78 is 56.0. The van der Waals surface area contributed by atoms with E-state index >= 15 is 0 Å². The molecule has 0 bridgehead atoms. The van der Waals surface area contributed by atoms with E-state index in [9.17, 15) is 21.6 Å². The zero-order valence-electron chi connectivity index (χ0n) is 19.8. The molecule has 0 fully saturated rings. The largest absolute Gasteiger partial charge is 0.322 e. The van der Waals surface area contributed by atoms with Crippen molar-refractivity contribution in [3.8, 4) is 0 Å². The molecule has 0 unspecified atom stereocenters. The summed E-state index contributed by atoms with van der Waals surface area (Å²) in [5, 5.41) is 2.95. The fourth-order valence-electron chi connectivity index (χ4n) is 3.37. The molecule has 196 valence electrons. The Bertz CT molecular complexity index is 1710. The second kappa shape index (κ2) is 11.0. The molecule has 38 heavy (non-hydrogen) atoms. The van der Waals surface area contributed by atoms with Crippen molar-refractivity contribution in [1.29, 1.82) is 0 Å². The number of halogens is 2. The minimum Gasteiger partial charge on any atom is -0.322 e. The monoisotopic (exact) mass is 589 g/mol. The molecule has 0 saturated carbocycles. The van der Waals surface area contributed by atoms with Gasteiger partial charge in [0.2, 0.25) is 0 Å². The number of carbonyl (C=O) groups is 1. The van der Waals surface area contributed by atoms with Crippen LogP contribution in [0.2, 0.25) is 10.0 Å². The summed E-state index contributed by atoms with van der Waals surface area (Å²) in [4.78, 5) is 12.5. The molecule has 12 heteroatoms. The zero-order chi connectivity index (χ0) is 27.5. The Morgan fingerprint density at radius 1 is 0.684 bits per heavy atom. The van der Waals surface area contributed by atoms with Gasteiger partial charge in [0.05, 0.1) is 15.6 Å². The van der Waals surface area contributed by atoms with E-state index in [1.54, 1.807) is 42.5 Å². The van der Waals surface area contributed by atoms with Gasteiger partial charge in [-0.2, -0.15) is 0 Å². The molecule has 0 heterocycles. The Kier molecular flexibility index (Phi) is 7.98. The van der Waals surface area contributed by atoms with E-state index in [0.717, 1.165) is 5.56 Å². The van der Waals surface area contributed by atoms with E-state index in [4.69, 9.17) is 23.2 Å². The summed E-state index contributed by atoms with van der Waals surface area (Å²) in [7, 11) is -7.97. The van der Waals surface area contributed by atoms with Gasteiger partial charge in [0.25, 0.3) is 26.0 Å². The van der Waals surface area contributed by atoms with Crippen molar-refractivity contribution >= 4 is 66.2 Å². The molecule has 3 N–H and O–H groups in total. The Hall–Kier alpha value is -3.57. The third-order valence-corrected chi connectivity index (χ3v) is 8.78. The van der Waals surface area contributed by atoms with Crippen LogP contribution in [0.1, 0.15) is 15.9 Å². The number of amides is 1. The molecular formula is C26H21Cl2N3O5S2. The summed E-state index contributed by atoms with van der Waals surface area (Å²) >= 11 is 12.0. The maximum Gasteiger partial charge on any atom is 0.263 e. The number of rotatable bonds is 8. The molecular weight excluding hydrogens is 569 g/mol. The Balaban J connectivity index is 1.49. The van der Waals surface area contributed by atoms with Crippen LogP contribution < -0.4 is 14.8 Å². The third kappa shape index (κ3) is 6.65. The van der Waals surface area contributed by atoms with Crippen molar-refractivity contribution < 1.29 is 21.6 Å². The van der Waals surface area contributed by atoms with Gasteiger partial charge < -0.3 is 5.32 Å². The summed E-state index contributed by atoms with van der Waals surface area (Å²) in [6.45, 7) is 1.88. The highest BCUT2D eigenvalue weighted by molar-refractivity contribution is 7.93. The first-order valence-electron chi connectivity index (χ1n) is 11.0. The molecule has 4 aromatic carbocycles. The maximum atomic E-state index is 12.9. The summed E-state index contributed by atoms with van der Waals surface area (Å²) in [5.74, 6) is -0.610. The van der Waals surface area contributed by atoms with Crippen molar-refractivity contribution in [1.82, 2.24) is 0 Å². The van der Waals surface area contributed by atoms with Gasteiger partial charge in [0.15, 0.2) is 0 Å². The second-order valence-corrected chi connectivity index (χ2v) is 12.4. The molecule has 1 amide bonds. The molecule has 8 nitrogen and oxygen atoms in total. The van der Waals surface area contributed by atoms with Crippen LogP contribution in [0.15, 0.2) is 101 Å². The normalized spacial score (nSPS) is 11.6. The van der Waals surface area contributed by atoms with Gasteiger partial charge in [0, 0.05) is 22.0 Å². The number of anilines is 3. The quantitative estimate of drug-likeness (QED) is 0.227. The molecule has 0 radical (unpaired) electrons. The van der Waals surface area contributed by atoms with Gasteiger partial charge in [-0.15, -0.1) is 0 Å². The summed E-state index contributed by atoms with van der Waals surface area (Å²) in [5.41, 5.74) is 1.96. The lowest BCUT2D eigenvalue weighted by Gasteiger charge is -2.12. The Morgan fingerprint density at radius 2 is 1.32 bits per heavy atom. The average Bonchev–Trinajstić information content (AvgIpc) is 2.85. The highest BCUT2D eigenvalue weighted by atomic mass is 35.5. The van der Waals surface area contributed by atoms with Crippen LogP contribution in [0, 0.1) is 6.92 Å². The van der Waals surface area contributed by atoms with E-state index in [1.807, 2.05) is 6.92 Å². The molecule has 0 spiro atoms. The lowest BCUT2D eigenvalue weighted by molar-refractivity contribution is 0.102. The zero-order valence-corrected chi connectivity index (χ0v) is 22.9. The van der Waals surface area contributed by atoms with Crippen molar-refractivity contribution in [2.75, 3.05) is 14.8 Å². The standard InChI is InChI=1S/C26H21Cl2N3O5S2/c1-17-5-8-21(9-6-17)30-38(35,36)25-15-18(7-14-24(25)28)26(32)29-20-10-12-23(13-11-20)37(33,34)31-22-4-2-3-19(27)16-22/h2-16,30-31H,1H3,(H,29,32).